The lowest BCUT2D eigenvalue weighted by molar-refractivity contribution is 0.0697. The maximum Gasteiger partial charge on any atom is 0.335 e. The minimum Gasteiger partial charge on any atom is -0.478 e. The van der Waals surface area contributed by atoms with Crippen LogP contribution in [0.4, 0.5) is 0 Å². The van der Waals surface area contributed by atoms with Crippen LogP contribution in [0.15, 0.2) is 47.3 Å². The Labute approximate surface area is 150 Å². The zero-order chi connectivity index (χ0) is 18.3. The Balaban J connectivity index is 1.93. The van der Waals surface area contributed by atoms with E-state index >= 15 is 0 Å². The molecule has 0 bridgehead atoms. The molecule has 0 fully saturated rings. The Morgan fingerprint density at radius 1 is 1.23 bits per heavy atom. The Kier molecular flexibility index (Phi) is 3.92. The smallest absolute Gasteiger partial charge is 0.335 e. The van der Waals surface area contributed by atoms with Gasteiger partial charge in [0.05, 0.1) is 16.5 Å². The number of allylic oxidation sites excluding steroid dienone is 1. The molecule has 1 N–H and O–H groups in total. The van der Waals surface area contributed by atoms with Crippen molar-refractivity contribution >= 4 is 28.5 Å². The molecule has 5 heteroatoms. The second-order valence-electron chi connectivity index (χ2n) is 6.56. The molecule has 1 aliphatic rings. The number of benzene rings is 2. The van der Waals surface area contributed by atoms with Gasteiger partial charge in [-0.15, -0.1) is 0 Å². The number of fused-ring (bicyclic) bond motifs is 2. The van der Waals surface area contributed by atoms with Gasteiger partial charge >= 0.3 is 5.97 Å². The van der Waals surface area contributed by atoms with Gasteiger partial charge in [-0.1, -0.05) is 24.3 Å². The Morgan fingerprint density at radius 3 is 2.81 bits per heavy atom. The van der Waals surface area contributed by atoms with E-state index in [2.05, 4.69) is 30.1 Å². The number of rotatable bonds is 2. The zero-order valence-corrected chi connectivity index (χ0v) is 14.4. The molecule has 0 amide bonds. The number of carboxylic acid groups (broad SMARTS) is 1. The summed E-state index contributed by atoms with van der Waals surface area (Å²) in [6.07, 6.45) is 3.82. The minimum atomic E-state index is -1.05. The van der Waals surface area contributed by atoms with Crippen LogP contribution in [0.3, 0.4) is 0 Å². The molecular formula is C21H18N2O3. The fourth-order valence-electron chi connectivity index (χ4n) is 3.42. The van der Waals surface area contributed by atoms with Gasteiger partial charge in [0.2, 0.25) is 0 Å². The van der Waals surface area contributed by atoms with Crippen LogP contribution >= 0.6 is 0 Å². The first kappa shape index (κ1) is 16.3. The lowest BCUT2D eigenvalue weighted by atomic mass is 9.99. The predicted molar refractivity (Wildman–Crippen MR) is 101 cm³/mol. The maximum atomic E-state index is 12.9. The molecule has 26 heavy (non-hydrogen) atoms. The van der Waals surface area contributed by atoms with E-state index in [4.69, 9.17) is 5.11 Å². The topological polar surface area (TPSA) is 72.2 Å². The van der Waals surface area contributed by atoms with E-state index in [1.54, 1.807) is 10.6 Å². The van der Waals surface area contributed by atoms with E-state index < -0.39 is 5.97 Å². The molecule has 1 aromatic heterocycles. The Hall–Kier alpha value is -3.21. The van der Waals surface area contributed by atoms with E-state index in [9.17, 15) is 9.59 Å². The van der Waals surface area contributed by atoms with Crippen molar-refractivity contribution in [2.45, 2.75) is 26.3 Å². The fraction of sp³-hybridized carbons (Fsp3) is 0.190. The average Bonchev–Trinajstić information content (AvgIpc) is 2.64. The van der Waals surface area contributed by atoms with E-state index in [0.29, 0.717) is 23.3 Å². The summed E-state index contributed by atoms with van der Waals surface area (Å²) in [5.74, 6) is -0.366. The standard InChI is InChI=1S/C21H18N2O3/c1-13-5-2-3-6-14(13)11-15-7-4-10-23-19(15)22-18-9-8-16(21(25)26)12-17(18)20(23)24/h2-3,5-6,8-9,11-12H,4,7,10H2,1H3,(H,25,26). The van der Waals surface area contributed by atoms with Crippen LogP contribution in [0.5, 0.6) is 0 Å². The van der Waals surface area contributed by atoms with Crippen LogP contribution in [0.25, 0.3) is 22.6 Å². The number of nitrogens with zero attached hydrogens (tertiary/aromatic N) is 2. The number of carboxylic acids is 1. The molecule has 3 aromatic rings. The van der Waals surface area contributed by atoms with Gasteiger partial charge < -0.3 is 5.11 Å². The van der Waals surface area contributed by atoms with Crippen molar-refractivity contribution in [3.8, 4) is 0 Å². The van der Waals surface area contributed by atoms with Crippen LogP contribution in [0.2, 0.25) is 0 Å². The highest BCUT2D eigenvalue weighted by molar-refractivity contribution is 5.93. The molecule has 0 saturated heterocycles. The van der Waals surface area contributed by atoms with Crippen LogP contribution in [-0.4, -0.2) is 20.6 Å². The molecular weight excluding hydrogens is 328 g/mol. The van der Waals surface area contributed by atoms with Crippen LogP contribution in [0.1, 0.15) is 40.2 Å². The molecule has 2 aromatic carbocycles. The van der Waals surface area contributed by atoms with Crippen molar-refractivity contribution in [2.75, 3.05) is 0 Å². The molecule has 5 nitrogen and oxygen atoms in total. The summed E-state index contributed by atoms with van der Waals surface area (Å²) in [5, 5.41) is 9.52. The number of hydrogen-bond donors (Lipinski definition) is 1. The number of hydrogen-bond acceptors (Lipinski definition) is 3. The van der Waals surface area contributed by atoms with Gasteiger partial charge in [-0.3, -0.25) is 9.36 Å². The van der Waals surface area contributed by atoms with Crippen LogP contribution in [-0.2, 0) is 6.54 Å². The molecule has 0 radical (unpaired) electrons. The maximum absolute atomic E-state index is 12.9. The molecule has 4 rings (SSSR count). The number of aromatic carboxylic acids is 1. The Morgan fingerprint density at radius 2 is 2.04 bits per heavy atom. The quantitative estimate of drug-likeness (QED) is 0.767. The van der Waals surface area contributed by atoms with Crippen LogP contribution < -0.4 is 5.56 Å². The minimum absolute atomic E-state index is 0.100. The normalized spacial score (nSPS) is 15.2. The largest absolute Gasteiger partial charge is 0.478 e. The second-order valence-corrected chi connectivity index (χ2v) is 6.56. The summed E-state index contributed by atoms with van der Waals surface area (Å²) in [4.78, 5) is 28.8. The molecule has 0 atom stereocenters. The van der Waals surface area contributed by atoms with Crippen molar-refractivity contribution in [1.29, 1.82) is 0 Å². The number of aromatic nitrogens is 2. The van der Waals surface area contributed by atoms with E-state index in [1.807, 2.05) is 12.1 Å². The third-order valence-electron chi connectivity index (χ3n) is 4.83. The molecule has 2 heterocycles. The van der Waals surface area contributed by atoms with Crippen molar-refractivity contribution in [2.24, 2.45) is 0 Å². The SMILES string of the molecule is Cc1ccccc1C=C1CCCn2c1nc1ccc(C(=O)O)cc1c2=O. The molecule has 0 unspecified atom stereocenters. The van der Waals surface area contributed by atoms with E-state index in [1.165, 1.54) is 17.7 Å². The highest BCUT2D eigenvalue weighted by Gasteiger charge is 2.19. The number of carbonyl (C=O) groups is 1. The molecule has 0 saturated carbocycles. The molecule has 130 valence electrons. The molecule has 0 aliphatic carbocycles. The lowest BCUT2D eigenvalue weighted by Crippen LogP contribution is -2.28. The highest BCUT2D eigenvalue weighted by Crippen LogP contribution is 2.28. The zero-order valence-electron chi connectivity index (χ0n) is 14.4. The second kappa shape index (κ2) is 6.26. The van der Waals surface area contributed by atoms with Gasteiger partial charge in [-0.25, -0.2) is 9.78 Å². The van der Waals surface area contributed by atoms with Crippen molar-refractivity contribution < 1.29 is 9.90 Å². The average molecular weight is 346 g/mol. The third kappa shape index (κ3) is 2.71. The summed E-state index contributed by atoms with van der Waals surface area (Å²) >= 11 is 0. The van der Waals surface area contributed by atoms with E-state index in [0.717, 1.165) is 24.0 Å². The van der Waals surface area contributed by atoms with Gasteiger partial charge in [0.25, 0.3) is 5.56 Å². The summed E-state index contributed by atoms with van der Waals surface area (Å²) in [5.41, 5.74) is 3.78. The summed E-state index contributed by atoms with van der Waals surface area (Å²) < 4.78 is 1.67. The number of aryl methyl sites for hydroxylation is 1. The van der Waals surface area contributed by atoms with Crippen LogP contribution in [0, 0.1) is 6.92 Å². The Bertz CT molecular complexity index is 1130. The van der Waals surface area contributed by atoms with Gasteiger partial charge in [0.15, 0.2) is 0 Å². The first-order valence-corrected chi connectivity index (χ1v) is 8.59. The van der Waals surface area contributed by atoms with Crippen molar-refractivity contribution in [3.63, 3.8) is 0 Å². The summed E-state index contributed by atoms with van der Waals surface area (Å²) in [6, 6.07) is 12.6. The lowest BCUT2D eigenvalue weighted by Gasteiger charge is -2.21. The fourth-order valence-corrected chi connectivity index (χ4v) is 3.42. The third-order valence-corrected chi connectivity index (χ3v) is 4.83. The summed E-state index contributed by atoms with van der Waals surface area (Å²) in [6.45, 7) is 2.66. The molecule has 1 aliphatic heterocycles. The van der Waals surface area contributed by atoms with Gasteiger partial charge in [0, 0.05) is 6.54 Å². The first-order chi connectivity index (χ1) is 12.5. The predicted octanol–water partition coefficient (Wildman–Crippen LogP) is 3.74. The molecule has 0 spiro atoms. The van der Waals surface area contributed by atoms with E-state index in [-0.39, 0.29) is 11.1 Å². The first-order valence-electron chi connectivity index (χ1n) is 8.59. The van der Waals surface area contributed by atoms with Crippen molar-refractivity contribution in [1.82, 2.24) is 9.55 Å². The monoisotopic (exact) mass is 346 g/mol. The van der Waals surface area contributed by atoms with Crippen molar-refractivity contribution in [3.05, 3.63) is 75.3 Å². The summed E-state index contributed by atoms with van der Waals surface area (Å²) in [7, 11) is 0. The van der Waals surface area contributed by atoms with Gasteiger partial charge in [0.1, 0.15) is 5.82 Å². The van der Waals surface area contributed by atoms with Gasteiger partial charge in [-0.2, -0.15) is 0 Å². The van der Waals surface area contributed by atoms with Gasteiger partial charge in [-0.05, 0) is 60.7 Å². The highest BCUT2D eigenvalue weighted by atomic mass is 16.4.